The zero-order valence-electron chi connectivity index (χ0n) is 16.5. The molecule has 0 aromatic carbocycles. The molecule has 4 aromatic rings. The van der Waals surface area contributed by atoms with Crippen LogP contribution < -0.4 is 10.6 Å². The van der Waals surface area contributed by atoms with Gasteiger partial charge in [-0.15, -0.1) is 11.3 Å². The lowest BCUT2D eigenvalue weighted by molar-refractivity contribution is -0.121. The number of thiazole rings is 2. The average molecular weight is 509 g/mol. The smallest absolute Gasteiger partial charge is 0.226 e. The Morgan fingerprint density at radius 1 is 0.935 bits per heavy atom. The number of thiophene rings is 2. The first-order valence-corrected chi connectivity index (χ1v) is 13.0. The van der Waals surface area contributed by atoms with Crippen molar-refractivity contribution in [1.82, 2.24) is 9.97 Å². The highest BCUT2D eigenvalue weighted by atomic mass is 35.5. The van der Waals surface area contributed by atoms with Crippen LogP contribution in [0, 0.1) is 13.8 Å². The molecule has 0 bridgehead atoms. The molecule has 0 spiro atoms. The van der Waals surface area contributed by atoms with Gasteiger partial charge >= 0.3 is 0 Å². The number of hydrogen-bond acceptors (Lipinski definition) is 8. The molecule has 0 atom stereocenters. The van der Waals surface area contributed by atoms with E-state index in [2.05, 4.69) is 26.0 Å². The highest BCUT2D eigenvalue weighted by Gasteiger charge is 2.16. The van der Waals surface area contributed by atoms with Crippen molar-refractivity contribution in [2.75, 3.05) is 10.6 Å². The van der Waals surface area contributed by atoms with Crippen molar-refractivity contribution in [3.8, 4) is 20.9 Å². The second kappa shape index (κ2) is 9.58. The molecule has 2 N–H and O–H groups in total. The van der Waals surface area contributed by atoms with Gasteiger partial charge in [0.1, 0.15) is 4.34 Å². The summed E-state index contributed by atoms with van der Waals surface area (Å²) in [5.74, 6) is -0.511. The summed E-state index contributed by atoms with van der Waals surface area (Å²) in [4.78, 5) is 35.4. The second-order valence-electron chi connectivity index (χ2n) is 6.58. The third-order valence-electron chi connectivity index (χ3n) is 4.31. The molecule has 0 fully saturated rings. The molecule has 2 amide bonds. The zero-order chi connectivity index (χ0) is 22.0. The van der Waals surface area contributed by atoms with Crippen LogP contribution in [0.5, 0.6) is 0 Å². The molecule has 4 rings (SSSR count). The molecule has 0 radical (unpaired) electrons. The predicted molar refractivity (Wildman–Crippen MR) is 132 cm³/mol. The van der Waals surface area contributed by atoms with Gasteiger partial charge in [0.2, 0.25) is 11.8 Å². The van der Waals surface area contributed by atoms with Gasteiger partial charge in [0.25, 0.3) is 0 Å². The van der Waals surface area contributed by atoms with E-state index in [1.165, 1.54) is 34.0 Å². The van der Waals surface area contributed by atoms with Crippen LogP contribution >= 0.6 is 56.9 Å². The fraction of sp³-hybridized carbons (Fsp3) is 0.200. The molecule has 31 heavy (non-hydrogen) atoms. The Bertz CT molecular complexity index is 1230. The van der Waals surface area contributed by atoms with Gasteiger partial charge in [0.05, 0.1) is 21.1 Å². The normalized spacial score (nSPS) is 10.9. The standard InChI is InChI=1S/C20H17ClN4O2S4/c1-10-16(12-5-7-28-9-12)30-19(22-10)24-14(26)3-4-15(27)25-20-23-11(2)17(31-20)13-6-8-29-18(13)21/h5-9H,3-4H2,1-2H3,(H,22,24,26)(H,23,25,27). The molecular formula is C20H17ClN4O2S4. The van der Waals surface area contributed by atoms with E-state index in [-0.39, 0.29) is 24.7 Å². The Labute approximate surface area is 200 Å². The van der Waals surface area contributed by atoms with E-state index in [0.717, 1.165) is 32.3 Å². The molecule has 0 aliphatic carbocycles. The number of aromatic nitrogens is 2. The summed E-state index contributed by atoms with van der Waals surface area (Å²) >= 11 is 12.1. The second-order valence-corrected chi connectivity index (χ2v) is 10.9. The van der Waals surface area contributed by atoms with Gasteiger partial charge in [-0.25, -0.2) is 9.97 Å². The SMILES string of the molecule is Cc1nc(NC(=O)CCC(=O)Nc2nc(C)c(-c3ccsc3Cl)s2)sc1-c1ccsc1. The number of anilines is 2. The molecule has 0 aliphatic heterocycles. The molecular weight excluding hydrogens is 492 g/mol. The zero-order valence-corrected chi connectivity index (χ0v) is 20.5. The number of rotatable bonds is 7. The van der Waals surface area contributed by atoms with Crippen LogP contribution in [0.15, 0.2) is 28.3 Å². The third kappa shape index (κ3) is 5.21. The van der Waals surface area contributed by atoms with E-state index in [1.54, 1.807) is 11.3 Å². The summed E-state index contributed by atoms with van der Waals surface area (Å²) in [6.45, 7) is 3.80. The number of nitrogens with zero attached hydrogens (tertiary/aromatic N) is 2. The Morgan fingerprint density at radius 2 is 1.55 bits per heavy atom. The minimum atomic E-state index is -0.263. The van der Waals surface area contributed by atoms with Gasteiger partial charge in [0.15, 0.2) is 10.3 Å². The lowest BCUT2D eigenvalue weighted by Crippen LogP contribution is -2.17. The van der Waals surface area contributed by atoms with Crippen molar-refractivity contribution in [1.29, 1.82) is 0 Å². The number of aryl methyl sites for hydroxylation is 2. The molecule has 0 saturated carbocycles. The van der Waals surface area contributed by atoms with Crippen LogP contribution in [-0.4, -0.2) is 21.8 Å². The van der Waals surface area contributed by atoms with Gasteiger partial charge < -0.3 is 10.6 Å². The summed E-state index contributed by atoms with van der Waals surface area (Å²) in [6.07, 6.45) is 0.118. The monoisotopic (exact) mass is 508 g/mol. The lowest BCUT2D eigenvalue weighted by Gasteiger charge is -2.02. The predicted octanol–water partition coefficient (Wildman–Crippen LogP) is 6.68. The van der Waals surface area contributed by atoms with Crippen LogP contribution in [0.1, 0.15) is 24.2 Å². The summed E-state index contributed by atoms with van der Waals surface area (Å²) in [6, 6.07) is 3.97. The van der Waals surface area contributed by atoms with Crippen LogP contribution in [-0.2, 0) is 9.59 Å². The van der Waals surface area contributed by atoms with Crippen molar-refractivity contribution >= 4 is 79.0 Å². The minimum Gasteiger partial charge on any atom is -0.302 e. The number of carbonyl (C=O) groups excluding carboxylic acids is 2. The number of amides is 2. The highest BCUT2D eigenvalue weighted by Crippen LogP contribution is 2.39. The topological polar surface area (TPSA) is 84.0 Å². The van der Waals surface area contributed by atoms with E-state index in [4.69, 9.17) is 11.6 Å². The van der Waals surface area contributed by atoms with E-state index in [0.29, 0.717) is 14.6 Å². The molecule has 0 unspecified atom stereocenters. The van der Waals surface area contributed by atoms with Crippen molar-refractivity contribution in [2.24, 2.45) is 0 Å². The van der Waals surface area contributed by atoms with Crippen molar-refractivity contribution < 1.29 is 9.59 Å². The van der Waals surface area contributed by atoms with Crippen LogP contribution in [0.4, 0.5) is 10.3 Å². The molecule has 160 valence electrons. The average Bonchev–Trinajstić information content (AvgIpc) is 3.49. The first-order valence-electron chi connectivity index (χ1n) is 9.21. The largest absolute Gasteiger partial charge is 0.302 e. The number of carbonyl (C=O) groups is 2. The maximum atomic E-state index is 12.3. The van der Waals surface area contributed by atoms with E-state index in [1.807, 2.05) is 36.7 Å². The maximum absolute atomic E-state index is 12.3. The Kier molecular flexibility index (Phi) is 6.83. The first kappa shape index (κ1) is 22.1. The quantitative estimate of drug-likeness (QED) is 0.291. The summed E-state index contributed by atoms with van der Waals surface area (Å²) in [7, 11) is 0. The molecule has 0 saturated heterocycles. The molecule has 6 nitrogen and oxygen atoms in total. The number of halogens is 1. The third-order valence-corrected chi connectivity index (χ3v) is 8.39. The van der Waals surface area contributed by atoms with Crippen LogP contribution in [0.25, 0.3) is 20.9 Å². The maximum Gasteiger partial charge on any atom is 0.226 e. The van der Waals surface area contributed by atoms with Crippen LogP contribution in [0.3, 0.4) is 0 Å². The molecule has 4 heterocycles. The first-order chi connectivity index (χ1) is 14.9. The summed E-state index contributed by atoms with van der Waals surface area (Å²) < 4.78 is 0.695. The highest BCUT2D eigenvalue weighted by molar-refractivity contribution is 7.20. The van der Waals surface area contributed by atoms with Gasteiger partial charge in [-0.3, -0.25) is 9.59 Å². The summed E-state index contributed by atoms with van der Waals surface area (Å²) in [5, 5.41) is 12.6. The number of hydrogen-bond donors (Lipinski definition) is 2. The Morgan fingerprint density at radius 3 is 2.10 bits per heavy atom. The van der Waals surface area contributed by atoms with Gasteiger partial charge in [-0.05, 0) is 42.1 Å². The molecule has 0 aliphatic rings. The lowest BCUT2D eigenvalue weighted by atomic mass is 10.2. The Hall–Kier alpha value is -2.11. The van der Waals surface area contributed by atoms with Gasteiger partial charge in [-0.2, -0.15) is 11.3 Å². The van der Waals surface area contributed by atoms with Crippen molar-refractivity contribution in [3.63, 3.8) is 0 Å². The van der Waals surface area contributed by atoms with Crippen LogP contribution in [0.2, 0.25) is 4.34 Å². The number of nitrogens with one attached hydrogen (secondary N) is 2. The van der Waals surface area contributed by atoms with E-state index < -0.39 is 0 Å². The fourth-order valence-corrected chi connectivity index (χ4v) is 6.63. The van der Waals surface area contributed by atoms with Crippen molar-refractivity contribution in [2.45, 2.75) is 26.7 Å². The van der Waals surface area contributed by atoms with E-state index in [9.17, 15) is 9.59 Å². The molecule has 11 heteroatoms. The fourth-order valence-electron chi connectivity index (χ4n) is 2.86. The minimum absolute atomic E-state index is 0.0563. The van der Waals surface area contributed by atoms with Crippen molar-refractivity contribution in [3.05, 3.63) is 44.0 Å². The molecule has 4 aromatic heterocycles. The van der Waals surface area contributed by atoms with E-state index >= 15 is 0 Å². The van der Waals surface area contributed by atoms with Gasteiger partial charge in [0, 0.05) is 24.0 Å². The Balaban J connectivity index is 1.31. The van der Waals surface area contributed by atoms with Gasteiger partial charge in [-0.1, -0.05) is 34.3 Å². The summed E-state index contributed by atoms with van der Waals surface area (Å²) in [5.41, 5.74) is 3.69.